The van der Waals surface area contributed by atoms with Crippen molar-refractivity contribution in [1.29, 1.82) is 5.26 Å². The molecule has 0 unspecified atom stereocenters. The van der Waals surface area contributed by atoms with Gasteiger partial charge in [0, 0.05) is 62.1 Å². The van der Waals surface area contributed by atoms with E-state index in [9.17, 15) is 10.1 Å². The first-order valence-corrected chi connectivity index (χ1v) is 11.9. The lowest BCUT2D eigenvalue weighted by Crippen LogP contribution is -2.26. The number of methoxy groups -OCH3 is 1. The van der Waals surface area contributed by atoms with Crippen molar-refractivity contribution in [1.82, 2.24) is 14.9 Å². The van der Waals surface area contributed by atoms with Crippen LogP contribution in [-0.4, -0.2) is 61.3 Å². The first kappa shape index (κ1) is 24.3. The van der Waals surface area contributed by atoms with Gasteiger partial charge in [-0.25, -0.2) is 4.98 Å². The molecule has 0 spiro atoms. The molecule has 1 aromatic carbocycles. The number of hydrogen-bond donors (Lipinski definition) is 0. The van der Waals surface area contributed by atoms with E-state index in [1.54, 1.807) is 57.9 Å². The largest absolute Gasteiger partial charge is 0.496 e. The molecule has 0 radical (unpaired) electrons. The number of benzene rings is 1. The Labute approximate surface area is 214 Å². The van der Waals surface area contributed by atoms with E-state index in [0.717, 1.165) is 18.4 Å². The average Bonchev–Trinajstić information content (AvgIpc) is 3.37. The van der Waals surface area contributed by atoms with Crippen LogP contribution >= 0.6 is 0 Å². The molecule has 0 aliphatic carbocycles. The van der Waals surface area contributed by atoms with Crippen molar-refractivity contribution >= 4 is 17.0 Å². The molecule has 0 bridgehead atoms. The second kappa shape index (κ2) is 10.3. The van der Waals surface area contributed by atoms with Crippen molar-refractivity contribution in [3.63, 3.8) is 0 Å². The van der Waals surface area contributed by atoms with Crippen LogP contribution in [0, 0.1) is 11.3 Å². The van der Waals surface area contributed by atoms with E-state index < -0.39 is 0 Å². The summed E-state index contributed by atoms with van der Waals surface area (Å²) in [6.07, 6.45) is 4.87. The minimum Gasteiger partial charge on any atom is -0.496 e. The second-order valence-electron chi connectivity index (χ2n) is 8.92. The molecular formula is C28H26N4O5. The number of carbonyl (C=O) groups is 1. The molecule has 5 rings (SSSR count). The third kappa shape index (κ3) is 4.84. The maximum atomic E-state index is 12.4. The molecule has 0 atom stereocenters. The summed E-state index contributed by atoms with van der Waals surface area (Å²) in [4.78, 5) is 22.8. The van der Waals surface area contributed by atoms with E-state index in [-0.39, 0.29) is 12.0 Å². The molecule has 37 heavy (non-hydrogen) atoms. The molecule has 3 aromatic heterocycles. The van der Waals surface area contributed by atoms with Gasteiger partial charge in [-0.1, -0.05) is 0 Å². The highest BCUT2D eigenvalue weighted by molar-refractivity contribution is 5.96. The Bertz CT molecular complexity index is 1500. The zero-order valence-corrected chi connectivity index (χ0v) is 20.9. The summed E-state index contributed by atoms with van der Waals surface area (Å²) in [6, 6.07) is 12.8. The number of nitriles is 1. The molecule has 4 heterocycles. The number of hydrogen-bond acceptors (Lipinski definition) is 8. The van der Waals surface area contributed by atoms with Crippen LogP contribution in [0.1, 0.15) is 28.8 Å². The number of rotatable bonds is 6. The van der Waals surface area contributed by atoms with Gasteiger partial charge in [0.1, 0.15) is 34.8 Å². The predicted octanol–water partition coefficient (Wildman–Crippen LogP) is 4.70. The maximum Gasteiger partial charge on any atom is 0.253 e. The minimum absolute atomic E-state index is 0.0196. The molecule has 1 aliphatic rings. The number of carbonyl (C=O) groups excluding carboxylic acids is 1. The molecule has 1 amide bonds. The Morgan fingerprint density at radius 2 is 1.92 bits per heavy atom. The number of furan rings is 1. The van der Waals surface area contributed by atoms with Crippen LogP contribution in [-0.2, 0) is 4.74 Å². The summed E-state index contributed by atoms with van der Waals surface area (Å²) < 4.78 is 23.2. The van der Waals surface area contributed by atoms with Crippen LogP contribution in [0.25, 0.3) is 33.6 Å². The van der Waals surface area contributed by atoms with Gasteiger partial charge in [-0.3, -0.25) is 9.78 Å². The lowest BCUT2D eigenvalue weighted by atomic mass is 10.1. The lowest BCUT2D eigenvalue weighted by molar-refractivity contribution is 0.0236. The van der Waals surface area contributed by atoms with Gasteiger partial charge in [-0.05, 0) is 30.3 Å². The van der Waals surface area contributed by atoms with Crippen molar-refractivity contribution in [3.8, 4) is 40.1 Å². The molecule has 188 valence electrons. The van der Waals surface area contributed by atoms with Gasteiger partial charge < -0.3 is 23.5 Å². The number of pyridine rings is 2. The maximum absolute atomic E-state index is 12.4. The molecule has 0 N–H and O–H groups in total. The van der Waals surface area contributed by atoms with Gasteiger partial charge in [0.05, 0.1) is 25.9 Å². The quantitative estimate of drug-likeness (QED) is 0.376. The molecule has 9 heteroatoms. The number of amides is 1. The fraction of sp³-hybridized carbons (Fsp3) is 0.286. The molecule has 1 aliphatic heterocycles. The normalized spacial score (nSPS) is 13.8. The van der Waals surface area contributed by atoms with E-state index in [2.05, 4.69) is 16.0 Å². The first-order chi connectivity index (χ1) is 18.0. The summed E-state index contributed by atoms with van der Waals surface area (Å²) in [5.74, 6) is 1.25. The van der Waals surface area contributed by atoms with Crippen molar-refractivity contribution in [2.24, 2.45) is 0 Å². The minimum atomic E-state index is -0.122. The molecule has 1 saturated heterocycles. The van der Waals surface area contributed by atoms with Gasteiger partial charge in [-0.2, -0.15) is 5.26 Å². The van der Waals surface area contributed by atoms with Crippen LogP contribution in [0.3, 0.4) is 0 Å². The Balaban J connectivity index is 1.51. The highest BCUT2D eigenvalue weighted by atomic mass is 16.5. The van der Waals surface area contributed by atoms with Crippen molar-refractivity contribution in [2.45, 2.75) is 18.9 Å². The number of ether oxygens (including phenoxy) is 3. The highest BCUT2D eigenvalue weighted by Gasteiger charge is 2.21. The van der Waals surface area contributed by atoms with E-state index in [1.807, 2.05) is 12.1 Å². The van der Waals surface area contributed by atoms with E-state index in [4.69, 9.17) is 18.6 Å². The highest BCUT2D eigenvalue weighted by Crippen LogP contribution is 2.38. The second-order valence-corrected chi connectivity index (χ2v) is 8.92. The summed E-state index contributed by atoms with van der Waals surface area (Å²) in [5, 5.41) is 9.77. The van der Waals surface area contributed by atoms with Gasteiger partial charge >= 0.3 is 0 Å². The fourth-order valence-electron chi connectivity index (χ4n) is 4.31. The fourth-order valence-corrected chi connectivity index (χ4v) is 4.31. The number of fused-ring (bicyclic) bond motifs is 1. The van der Waals surface area contributed by atoms with Gasteiger partial charge in [-0.15, -0.1) is 0 Å². The van der Waals surface area contributed by atoms with Crippen LogP contribution in [0.15, 0.2) is 53.2 Å². The molecule has 9 nitrogen and oxygen atoms in total. The Hall–Kier alpha value is -4.42. The third-order valence-corrected chi connectivity index (χ3v) is 6.26. The topological polar surface area (TPSA) is 111 Å². The summed E-state index contributed by atoms with van der Waals surface area (Å²) in [5.41, 5.74) is 4.21. The summed E-state index contributed by atoms with van der Waals surface area (Å²) >= 11 is 0. The monoisotopic (exact) mass is 498 g/mol. The Morgan fingerprint density at radius 1 is 1.11 bits per heavy atom. The van der Waals surface area contributed by atoms with E-state index >= 15 is 0 Å². The van der Waals surface area contributed by atoms with Gasteiger partial charge in [0.15, 0.2) is 5.58 Å². The molecular weight excluding hydrogens is 472 g/mol. The standard InChI is InChI=1S/C28H26N4O5/c1-32(2)28(33)17-4-5-22(24(13-17)34-3)25-14-23-26(37-25)21(6-9-30-23)19-12-18(15-29)27(31-16-19)36-20-7-10-35-11-8-20/h4-6,9,12-14,16,20H,7-8,10-11H2,1-3H3. The first-order valence-electron chi connectivity index (χ1n) is 11.9. The molecule has 0 saturated carbocycles. The summed E-state index contributed by atoms with van der Waals surface area (Å²) in [6.45, 7) is 1.28. The van der Waals surface area contributed by atoms with Crippen LogP contribution in [0.4, 0.5) is 0 Å². The van der Waals surface area contributed by atoms with E-state index in [1.165, 1.54) is 4.90 Å². The van der Waals surface area contributed by atoms with E-state index in [0.29, 0.717) is 64.0 Å². The SMILES string of the molecule is COc1cc(C(=O)N(C)C)ccc1-c1cc2nccc(-c3cnc(OC4CCOCC4)c(C#N)c3)c2o1. The van der Waals surface area contributed by atoms with Gasteiger partial charge in [0.25, 0.3) is 5.91 Å². The van der Waals surface area contributed by atoms with Gasteiger partial charge in [0.2, 0.25) is 5.88 Å². The molecule has 1 fully saturated rings. The Kier molecular flexibility index (Phi) is 6.75. The zero-order valence-electron chi connectivity index (χ0n) is 20.9. The van der Waals surface area contributed by atoms with Crippen LogP contribution in [0.2, 0.25) is 0 Å². The summed E-state index contributed by atoms with van der Waals surface area (Å²) in [7, 11) is 4.95. The predicted molar refractivity (Wildman–Crippen MR) is 136 cm³/mol. The number of aromatic nitrogens is 2. The van der Waals surface area contributed by atoms with Crippen molar-refractivity contribution in [2.75, 3.05) is 34.4 Å². The van der Waals surface area contributed by atoms with Crippen LogP contribution in [0.5, 0.6) is 11.6 Å². The van der Waals surface area contributed by atoms with Crippen molar-refractivity contribution in [3.05, 3.63) is 59.9 Å². The Morgan fingerprint density at radius 3 is 2.65 bits per heavy atom. The van der Waals surface area contributed by atoms with Crippen LogP contribution < -0.4 is 9.47 Å². The van der Waals surface area contributed by atoms with Crippen molar-refractivity contribution < 1.29 is 23.4 Å². The molecule has 4 aromatic rings. The third-order valence-electron chi connectivity index (χ3n) is 6.26. The average molecular weight is 499 g/mol. The lowest BCUT2D eigenvalue weighted by Gasteiger charge is -2.23. The smallest absolute Gasteiger partial charge is 0.253 e. The zero-order chi connectivity index (χ0) is 25.9. The number of nitrogens with zero attached hydrogens (tertiary/aromatic N) is 4.